The van der Waals surface area contributed by atoms with E-state index in [0.717, 1.165) is 12.1 Å². The van der Waals surface area contributed by atoms with Crippen molar-refractivity contribution < 1.29 is 18.0 Å². The monoisotopic (exact) mass is 374 g/mol. The predicted molar refractivity (Wildman–Crippen MR) is 86.1 cm³/mol. The lowest BCUT2D eigenvalue weighted by molar-refractivity contribution is -0.137. The number of hydrogen-bond donors (Lipinski definition) is 1. The first kappa shape index (κ1) is 17.1. The van der Waals surface area contributed by atoms with E-state index < -0.39 is 29.7 Å². The summed E-state index contributed by atoms with van der Waals surface area (Å²) in [6, 6.07) is 7.71. The van der Waals surface area contributed by atoms with Gasteiger partial charge in [-0.2, -0.15) is 13.2 Å². The number of nitrogens with zero attached hydrogens (tertiary/aromatic N) is 1. The first-order chi connectivity index (χ1) is 11.2. The highest BCUT2D eigenvalue weighted by molar-refractivity contribution is 6.35. The fourth-order valence-corrected chi connectivity index (χ4v) is 3.23. The molecular weight excluding hydrogens is 364 g/mol. The molecule has 0 aliphatic carbocycles. The molecule has 24 heavy (non-hydrogen) atoms. The number of halogens is 5. The lowest BCUT2D eigenvalue weighted by Gasteiger charge is -2.46. The molecule has 3 nitrogen and oxygen atoms in total. The van der Waals surface area contributed by atoms with E-state index in [1.807, 2.05) is 0 Å². The van der Waals surface area contributed by atoms with Gasteiger partial charge in [-0.3, -0.25) is 4.79 Å². The number of rotatable bonds is 2. The molecule has 126 valence electrons. The second-order valence-corrected chi connectivity index (χ2v) is 6.24. The van der Waals surface area contributed by atoms with Gasteiger partial charge in [0, 0.05) is 15.7 Å². The van der Waals surface area contributed by atoms with Gasteiger partial charge in [0.05, 0.1) is 11.6 Å². The van der Waals surface area contributed by atoms with Gasteiger partial charge >= 0.3 is 6.18 Å². The number of carbonyl (C=O) groups is 1. The first-order valence-electron chi connectivity index (χ1n) is 6.91. The summed E-state index contributed by atoms with van der Waals surface area (Å²) in [5.74, 6) is -0.467. The van der Waals surface area contributed by atoms with Crippen molar-refractivity contribution >= 4 is 34.8 Å². The van der Waals surface area contributed by atoms with Crippen LogP contribution in [0.4, 0.5) is 18.9 Å². The van der Waals surface area contributed by atoms with E-state index in [2.05, 4.69) is 0 Å². The molecule has 2 N–H and O–H groups in total. The number of hydrogen-bond acceptors (Lipinski definition) is 2. The molecule has 0 saturated carbocycles. The van der Waals surface area contributed by atoms with Crippen LogP contribution in [0, 0.1) is 0 Å². The van der Waals surface area contributed by atoms with Gasteiger partial charge in [-0.15, -0.1) is 0 Å². The van der Waals surface area contributed by atoms with Gasteiger partial charge in [0.15, 0.2) is 0 Å². The summed E-state index contributed by atoms with van der Waals surface area (Å²) >= 11 is 12.0. The van der Waals surface area contributed by atoms with Crippen molar-refractivity contribution in [2.24, 2.45) is 5.73 Å². The topological polar surface area (TPSA) is 46.3 Å². The minimum absolute atomic E-state index is 0.118. The molecule has 1 heterocycles. The summed E-state index contributed by atoms with van der Waals surface area (Å²) in [4.78, 5) is 13.4. The number of benzene rings is 2. The smallest absolute Gasteiger partial charge is 0.318 e. The third-order valence-electron chi connectivity index (χ3n) is 3.87. The van der Waals surface area contributed by atoms with Crippen LogP contribution in [-0.2, 0) is 11.0 Å². The summed E-state index contributed by atoms with van der Waals surface area (Å²) in [5, 5.41) is 0.709. The van der Waals surface area contributed by atoms with Gasteiger partial charge in [-0.1, -0.05) is 35.3 Å². The Bertz CT molecular complexity index is 810. The second kappa shape index (κ2) is 5.95. The highest BCUT2D eigenvalue weighted by Crippen LogP contribution is 2.42. The fraction of sp³-hybridized carbons (Fsp3) is 0.188. The molecule has 1 aliphatic rings. The minimum Gasteiger partial charge on any atom is -0.318 e. The average molecular weight is 375 g/mol. The highest BCUT2D eigenvalue weighted by atomic mass is 35.5. The Labute approximate surface area is 145 Å². The number of carbonyl (C=O) groups excluding carboxylic acids is 1. The van der Waals surface area contributed by atoms with Crippen molar-refractivity contribution in [1.82, 2.24) is 0 Å². The van der Waals surface area contributed by atoms with Gasteiger partial charge in [0.25, 0.3) is 0 Å². The van der Waals surface area contributed by atoms with E-state index in [0.29, 0.717) is 15.6 Å². The van der Waals surface area contributed by atoms with Crippen molar-refractivity contribution in [3.8, 4) is 0 Å². The Morgan fingerprint density at radius 2 is 1.79 bits per heavy atom. The molecule has 1 fully saturated rings. The molecule has 0 unspecified atom stereocenters. The van der Waals surface area contributed by atoms with Gasteiger partial charge in [0.1, 0.15) is 6.04 Å². The quantitative estimate of drug-likeness (QED) is 0.790. The molecule has 2 aromatic rings. The molecule has 0 radical (unpaired) electrons. The van der Waals surface area contributed by atoms with Crippen LogP contribution in [0.15, 0.2) is 42.5 Å². The predicted octanol–water partition coefficient (Wildman–Crippen LogP) is 4.43. The first-order valence-corrected chi connectivity index (χ1v) is 7.66. The molecule has 2 atom stereocenters. The standard InChI is InChI=1S/C16H11Cl2F3N2O/c17-9-4-5-11(12(18)7-9)14-13(22)15(24)23(14)10-3-1-2-8(6-10)16(19,20)21/h1-7,13-14H,22H2/t13-,14-/m1/s1. The summed E-state index contributed by atoms with van der Waals surface area (Å²) in [5.41, 5.74) is 5.66. The van der Waals surface area contributed by atoms with Gasteiger partial charge < -0.3 is 10.6 Å². The maximum absolute atomic E-state index is 12.9. The number of amides is 1. The Hall–Kier alpha value is -1.76. The van der Waals surface area contributed by atoms with Crippen LogP contribution in [0.1, 0.15) is 17.2 Å². The average Bonchev–Trinajstić information content (AvgIpc) is 2.52. The van der Waals surface area contributed by atoms with Crippen LogP contribution in [-0.4, -0.2) is 11.9 Å². The van der Waals surface area contributed by atoms with Crippen LogP contribution in [0.25, 0.3) is 0 Å². The van der Waals surface area contributed by atoms with Gasteiger partial charge in [-0.25, -0.2) is 0 Å². The zero-order valence-electron chi connectivity index (χ0n) is 12.0. The summed E-state index contributed by atoms with van der Waals surface area (Å²) < 4.78 is 38.7. The van der Waals surface area contributed by atoms with E-state index in [4.69, 9.17) is 28.9 Å². The number of β-lactam (4-membered cyclic amide) rings is 1. The summed E-state index contributed by atoms with van der Waals surface area (Å²) in [7, 11) is 0. The Morgan fingerprint density at radius 3 is 2.42 bits per heavy atom. The van der Waals surface area contributed by atoms with Crippen LogP contribution in [0.3, 0.4) is 0 Å². The van der Waals surface area contributed by atoms with E-state index in [-0.39, 0.29) is 5.69 Å². The molecule has 1 saturated heterocycles. The van der Waals surface area contributed by atoms with Crippen molar-refractivity contribution in [3.63, 3.8) is 0 Å². The maximum atomic E-state index is 12.9. The molecule has 1 aliphatic heterocycles. The van der Waals surface area contributed by atoms with Crippen molar-refractivity contribution in [2.45, 2.75) is 18.3 Å². The van der Waals surface area contributed by atoms with Crippen molar-refractivity contribution in [2.75, 3.05) is 4.90 Å². The van der Waals surface area contributed by atoms with E-state index in [9.17, 15) is 18.0 Å². The zero-order chi connectivity index (χ0) is 17.6. The highest BCUT2D eigenvalue weighted by Gasteiger charge is 2.47. The molecule has 0 aromatic heterocycles. The lowest BCUT2D eigenvalue weighted by atomic mass is 9.88. The molecule has 3 rings (SSSR count). The van der Waals surface area contributed by atoms with Crippen LogP contribution >= 0.6 is 23.2 Å². The molecule has 1 amide bonds. The molecular formula is C16H11Cl2F3N2O. The summed E-state index contributed by atoms with van der Waals surface area (Å²) in [6.45, 7) is 0. The van der Waals surface area contributed by atoms with Crippen molar-refractivity contribution in [3.05, 3.63) is 63.6 Å². The largest absolute Gasteiger partial charge is 0.416 e. The number of nitrogens with two attached hydrogens (primary N) is 1. The third-order valence-corrected chi connectivity index (χ3v) is 4.44. The van der Waals surface area contributed by atoms with Crippen LogP contribution < -0.4 is 10.6 Å². The van der Waals surface area contributed by atoms with Crippen LogP contribution in [0.5, 0.6) is 0 Å². The molecule has 0 bridgehead atoms. The van der Waals surface area contributed by atoms with Gasteiger partial charge in [-0.05, 0) is 35.9 Å². The van der Waals surface area contributed by atoms with Gasteiger partial charge in [0.2, 0.25) is 5.91 Å². The van der Waals surface area contributed by atoms with E-state index in [1.165, 1.54) is 23.1 Å². The van der Waals surface area contributed by atoms with E-state index >= 15 is 0 Å². The second-order valence-electron chi connectivity index (χ2n) is 5.39. The normalized spacial score (nSPS) is 20.9. The summed E-state index contributed by atoms with van der Waals surface area (Å²) in [6.07, 6.45) is -4.50. The molecule has 0 spiro atoms. The Balaban J connectivity index is 2.02. The minimum atomic E-state index is -4.50. The van der Waals surface area contributed by atoms with Crippen molar-refractivity contribution in [1.29, 1.82) is 0 Å². The SMILES string of the molecule is N[C@H]1C(=O)N(c2cccc(C(F)(F)F)c2)[C@@H]1c1ccc(Cl)cc1Cl. The third kappa shape index (κ3) is 2.85. The molecule has 2 aromatic carbocycles. The van der Waals surface area contributed by atoms with E-state index in [1.54, 1.807) is 12.1 Å². The lowest BCUT2D eigenvalue weighted by Crippen LogP contribution is -2.63. The molecule has 8 heteroatoms. The Morgan fingerprint density at radius 1 is 1.08 bits per heavy atom. The maximum Gasteiger partial charge on any atom is 0.416 e. The Kier molecular flexibility index (Phi) is 4.23. The number of alkyl halides is 3. The zero-order valence-corrected chi connectivity index (χ0v) is 13.5. The fourth-order valence-electron chi connectivity index (χ4n) is 2.71. The van der Waals surface area contributed by atoms with Crippen LogP contribution in [0.2, 0.25) is 10.0 Å². The number of anilines is 1.